The van der Waals surface area contributed by atoms with Crippen LogP contribution in [0.3, 0.4) is 0 Å². The monoisotopic (exact) mass is 434 g/mol. The second kappa shape index (κ2) is 6.17. The van der Waals surface area contributed by atoms with Crippen LogP contribution in [-0.2, 0) is 0 Å². The molecule has 0 unspecified atom stereocenters. The van der Waals surface area contributed by atoms with Crippen molar-refractivity contribution in [3.05, 3.63) is 0 Å². The maximum absolute atomic E-state index is 12.9. The van der Waals surface area contributed by atoms with Gasteiger partial charge in [0.1, 0.15) is 0 Å². The lowest BCUT2D eigenvalue weighted by atomic mass is 9.89. The van der Waals surface area contributed by atoms with Crippen molar-refractivity contribution in [2.75, 3.05) is 6.67 Å². The van der Waals surface area contributed by atoms with Gasteiger partial charge < -0.3 is 0 Å². The van der Waals surface area contributed by atoms with Gasteiger partial charge in [-0.3, -0.25) is 0 Å². The Bertz CT molecular complexity index is 502. The minimum absolute atomic E-state index is 3.89. The van der Waals surface area contributed by atoms with Crippen LogP contribution in [0.15, 0.2) is 0 Å². The van der Waals surface area contributed by atoms with E-state index in [0.29, 0.717) is 0 Å². The van der Waals surface area contributed by atoms with E-state index >= 15 is 0 Å². The molecule has 0 amide bonds. The van der Waals surface area contributed by atoms with Crippen LogP contribution in [0.1, 0.15) is 0 Å². The summed E-state index contributed by atoms with van der Waals surface area (Å²) in [4.78, 5) is 0. The SMILES string of the molecule is FCC(F)(F)C(F)(F)C(F)(F)C(F)(F)C(F)(F)C(F)(F)C(F)(F)C(F)F. The Kier molecular flexibility index (Phi) is 5.89. The van der Waals surface area contributed by atoms with E-state index in [1.807, 2.05) is 0 Å². The van der Waals surface area contributed by atoms with E-state index in [1.54, 1.807) is 0 Å². The molecule has 0 aromatic rings. The Balaban J connectivity index is 6.54. The van der Waals surface area contributed by atoms with Crippen LogP contribution in [0.2, 0.25) is 0 Å². The first kappa shape index (κ1) is 24.8. The minimum Gasteiger partial charge on any atom is -0.244 e. The van der Waals surface area contributed by atoms with Gasteiger partial charge in [-0.15, -0.1) is 0 Å². The van der Waals surface area contributed by atoms with E-state index < -0.39 is 54.6 Å². The molecular weight excluding hydrogens is 431 g/mol. The molecule has 0 fully saturated rings. The van der Waals surface area contributed by atoms with E-state index in [9.17, 15) is 74.6 Å². The zero-order valence-corrected chi connectivity index (χ0v) is 11.2. The highest BCUT2D eigenvalue weighted by molar-refractivity contribution is 5.14. The predicted octanol–water partition coefficient (Wildman–Crippen LogP) is 5.67. The Hall–Kier alpha value is -1.19. The normalized spacial score (nSPS) is 16.4. The molecule has 0 N–H and O–H groups in total. The summed E-state index contributed by atoms with van der Waals surface area (Å²) in [5.74, 6) is -55.5. The number of halogens is 17. The molecule has 0 rings (SSSR count). The molecule has 0 aliphatic heterocycles. The van der Waals surface area contributed by atoms with Gasteiger partial charge in [-0.05, 0) is 0 Å². The van der Waals surface area contributed by atoms with Gasteiger partial charge in [0.2, 0.25) is 0 Å². The van der Waals surface area contributed by atoms with Gasteiger partial charge >= 0.3 is 47.9 Å². The highest BCUT2D eigenvalue weighted by Crippen LogP contribution is 2.62. The van der Waals surface area contributed by atoms with Gasteiger partial charge in [0.25, 0.3) is 0 Å². The van der Waals surface area contributed by atoms with Gasteiger partial charge in [-0.1, -0.05) is 0 Å². The van der Waals surface area contributed by atoms with Gasteiger partial charge in [0.15, 0.2) is 6.67 Å². The molecule has 0 aromatic carbocycles. The van der Waals surface area contributed by atoms with Crippen molar-refractivity contribution in [1.29, 1.82) is 0 Å². The summed E-state index contributed by atoms with van der Waals surface area (Å²) in [5.41, 5.74) is 0. The largest absolute Gasteiger partial charge is 0.385 e. The van der Waals surface area contributed by atoms with E-state index in [0.717, 1.165) is 0 Å². The lowest BCUT2D eigenvalue weighted by Crippen LogP contribution is -2.73. The Morgan fingerprint density at radius 2 is 0.731 bits per heavy atom. The van der Waals surface area contributed by atoms with Crippen molar-refractivity contribution in [2.24, 2.45) is 0 Å². The molecule has 0 aliphatic rings. The van der Waals surface area contributed by atoms with Crippen molar-refractivity contribution >= 4 is 0 Å². The Labute approximate surface area is 130 Å². The molecule has 26 heavy (non-hydrogen) atoms. The van der Waals surface area contributed by atoms with Crippen LogP contribution < -0.4 is 0 Å². The zero-order chi connectivity index (χ0) is 21.8. The third-order valence-corrected chi connectivity index (χ3v) is 2.90. The van der Waals surface area contributed by atoms with Crippen molar-refractivity contribution in [2.45, 2.75) is 47.9 Å². The first-order chi connectivity index (χ1) is 11.0. The van der Waals surface area contributed by atoms with Gasteiger partial charge in [0, 0.05) is 0 Å². The van der Waals surface area contributed by atoms with Crippen molar-refractivity contribution in [3.8, 4) is 0 Å². The topological polar surface area (TPSA) is 0 Å². The molecule has 17 heteroatoms. The third kappa shape index (κ3) is 2.84. The molecule has 0 saturated heterocycles. The van der Waals surface area contributed by atoms with E-state index in [2.05, 4.69) is 0 Å². The average molecular weight is 434 g/mol. The van der Waals surface area contributed by atoms with E-state index in [1.165, 1.54) is 0 Å². The van der Waals surface area contributed by atoms with E-state index in [-0.39, 0.29) is 0 Å². The molecule has 0 heterocycles. The lowest BCUT2D eigenvalue weighted by Gasteiger charge is -2.42. The quantitative estimate of drug-likeness (QED) is 0.432. The number of rotatable bonds is 8. The van der Waals surface area contributed by atoms with Crippen LogP contribution in [0.25, 0.3) is 0 Å². The van der Waals surface area contributed by atoms with Gasteiger partial charge in [-0.2, -0.15) is 61.5 Å². The molecule has 0 spiro atoms. The highest BCUT2D eigenvalue weighted by atomic mass is 19.4. The Morgan fingerprint density at radius 1 is 0.462 bits per heavy atom. The third-order valence-electron chi connectivity index (χ3n) is 2.90. The van der Waals surface area contributed by atoms with E-state index in [4.69, 9.17) is 0 Å². The predicted molar refractivity (Wildman–Crippen MR) is 46.6 cm³/mol. The number of hydrogen-bond donors (Lipinski definition) is 0. The summed E-state index contributed by atoms with van der Waals surface area (Å²) in [5, 5.41) is 0. The van der Waals surface area contributed by atoms with Crippen LogP contribution >= 0.6 is 0 Å². The molecular formula is C9H3F17. The second-order valence-electron chi connectivity index (χ2n) is 4.63. The average Bonchev–Trinajstić information content (AvgIpc) is 2.45. The van der Waals surface area contributed by atoms with Crippen LogP contribution in [0.5, 0.6) is 0 Å². The van der Waals surface area contributed by atoms with Crippen molar-refractivity contribution in [1.82, 2.24) is 0 Å². The maximum atomic E-state index is 12.9. The summed E-state index contributed by atoms with van der Waals surface area (Å²) in [6.07, 6.45) is -5.89. The summed E-state index contributed by atoms with van der Waals surface area (Å²) >= 11 is 0. The standard InChI is InChI=1S/C9H3F17/c10-1-3(13,14)5(17,18)7(21,22)9(25,26)8(23,24)6(19,20)4(15,16)2(11)12/h2H,1H2. The fourth-order valence-corrected chi connectivity index (χ4v) is 1.25. The molecule has 0 bridgehead atoms. The fourth-order valence-electron chi connectivity index (χ4n) is 1.25. The molecule has 158 valence electrons. The molecule has 0 radical (unpaired) electrons. The van der Waals surface area contributed by atoms with Crippen molar-refractivity contribution < 1.29 is 74.6 Å². The van der Waals surface area contributed by atoms with Crippen molar-refractivity contribution in [3.63, 3.8) is 0 Å². The maximum Gasteiger partial charge on any atom is 0.385 e. The van der Waals surface area contributed by atoms with Crippen LogP contribution in [0.4, 0.5) is 74.6 Å². The summed E-state index contributed by atoms with van der Waals surface area (Å²) in [6.45, 7) is -3.89. The Morgan fingerprint density at radius 3 is 1.00 bits per heavy atom. The molecule has 0 aliphatic carbocycles. The fraction of sp³-hybridized carbons (Fsp3) is 1.00. The van der Waals surface area contributed by atoms with Crippen LogP contribution in [-0.4, -0.2) is 54.6 Å². The lowest BCUT2D eigenvalue weighted by molar-refractivity contribution is -0.447. The summed E-state index contributed by atoms with van der Waals surface area (Å²) in [6, 6.07) is 0. The minimum atomic E-state index is -8.47. The first-order valence-electron chi connectivity index (χ1n) is 5.49. The van der Waals surface area contributed by atoms with Crippen LogP contribution in [0, 0.1) is 0 Å². The number of hydrogen-bond acceptors (Lipinski definition) is 0. The zero-order valence-electron chi connectivity index (χ0n) is 11.2. The first-order valence-corrected chi connectivity index (χ1v) is 5.49. The summed E-state index contributed by atoms with van der Waals surface area (Å²) in [7, 11) is 0. The summed E-state index contributed by atoms with van der Waals surface area (Å²) < 4.78 is 213. The molecule has 0 aromatic heterocycles. The number of alkyl halides is 17. The smallest absolute Gasteiger partial charge is 0.244 e. The molecule has 0 atom stereocenters. The second-order valence-corrected chi connectivity index (χ2v) is 4.63. The van der Waals surface area contributed by atoms with Gasteiger partial charge in [-0.25, -0.2) is 13.2 Å². The molecule has 0 nitrogen and oxygen atoms in total. The highest BCUT2D eigenvalue weighted by Gasteiger charge is 2.93. The van der Waals surface area contributed by atoms with Gasteiger partial charge in [0.05, 0.1) is 0 Å². The molecule has 0 saturated carbocycles.